The number of nitrogens with zero attached hydrogens (tertiary/aromatic N) is 2. The van der Waals surface area contributed by atoms with E-state index in [9.17, 15) is 4.79 Å². The monoisotopic (exact) mass is 225 g/mol. The summed E-state index contributed by atoms with van der Waals surface area (Å²) in [4.78, 5) is 17.3. The summed E-state index contributed by atoms with van der Waals surface area (Å²) in [5.74, 6) is 0.0602. The molecule has 0 saturated carbocycles. The third-order valence-corrected chi connectivity index (χ3v) is 3.00. The SMILES string of the molecule is CC(Sc1ncccc1N)C(=O)N(C)C. The minimum atomic E-state index is -0.169. The van der Waals surface area contributed by atoms with Crippen molar-refractivity contribution < 1.29 is 4.79 Å². The first kappa shape index (κ1) is 11.8. The quantitative estimate of drug-likeness (QED) is 0.786. The zero-order valence-electron chi connectivity index (χ0n) is 9.10. The summed E-state index contributed by atoms with van der Waals surface area (Å²) in [6, 6.07) is 3.56. The largest absolute Gasteiger partial charge is 0.397 e. The molecule has 0 aliphatic carbocycles. The van der Waals surface area contributed by atoms with Gasteiger partial charge in [-0.2, -0.15) is 0 Å². The molecule has 1 aromatic heterocycles. The van der Waals surface area contributed by atoms with Crippen LogP contribution >= 0.6 is 11.8 Å². The fourth-order valence-electron chi connectivity index (χ4n) is 1.08. The normalized spacial score (nSPS) is 12.2. The van der Waals surface area contributed by atoms with Gasteiger partial charge in [0.25, 0.3) is 0 Å². The van der Waals surface area contributed by atoms with Gasteiger partial charge in [0.1, 0.15) is 5.03 Å². The van der Waals surface area contributed by atoms with Crippen LogP contribution in [0.15, 0.2) is 23.4 Å². The van der Waals surface area contributed by atoms with Crippen LogP contribution in [0, 0.1) is 0 Å². The third kappa shape index (κ3) is 3.13. The lowest BCUT2D eigenvalue weighted by Crippen LogP contribution is -2.29. The number of carbonyl (C=O) groups is 1. The molecular formula is C10H15N3OS. The van der Waals surface area contributed by atoms with Crippen molar-refractivity contribution in [1.29, 1.82) is 0 Å². The Balaban J connectivity index is 2.71. The molecule has 5 heteroatoms. The fraction of sp³-hybridized carbons (Fsp3) is 0.400. The van der Waals surface area contributed by atoms with E-state index in [1.54, 1.807) is 37.3 Å². The van der Waals surface area contributed by atoms with Crippen molar-refractivity contribution in [2.45, 2.75) is 17.2 Å². The number of amides is 1. The molecule has 15 heavy (non-hydrogen) atoms. The fourth-order valence-corrected chi connectivity index (χ4v) is 2.06. The van der Waals surface area contributed by atoms with Crippen molar-refractivity contribution in [3.63, 3.8) is 0 Å². The molecule has 1 heterocycles. The first-order valence-electron chi connectivity index (χ1n) is 4.60. The maximum Gasteiger partial charge on any atom is 0.235 e. The molecule has 1 rings (SSSR count). The van der Waals surface area contributed by atoms with Gasteiger partial charge in [0.2, 0.25) is 5.91 Å². The van der Waals surface area contributed by atoms with Gasteiger partial charge >= 0.3 is 0 Å². The summed E-state index contributed by atoms with van der Waals surface area (Å²) in [6.07, 6.45) is 1.67. The van der Waals surface area contributed by atoms with E-state index in [-0.39, 0.29) is 11.2 Å². The average molecular weight is 225 g/mol. The number of rotatable bonds is 3. The van der Waals surface area contributed by atoms with Crippen LogP contribution in [0.25, 0.3) is 0 Å². The molecule has 2 N–H and O–H groups in total. The van der Waals surface area contributed by atoms with E-state index in [0.29, 0.717) is 10.7 Å². The van der Waals surface area contributed by atoms with Crippen LogP contribution in [-0.4, -0.2) is 35.1 Å². The Morgan fingerprint density at radius 2 is 2.27 bits per heavy atom. The average Bonchev–Trinajstić information content (AvgIpc) is 2.20. The third-order valence-electron chi connectivity index (χ3n) is 1.88. The smallest absolute Gasteiger partial charge is 0.235 e. The minimum absolute atomic E-state index is 0.0602. The number of hydrogen-bond acceptors (Lipinski definition) is 4. The van der Waals surface area contributed by atoms with Crippen LogP contribution in [0.5, 0.6) is 0 Å². The minimum Gasteiger partial charge on any atom is -0.397 e. The zero-order valence-corrected chi connectivity index (χ0v) is 9.91. The molecule has 1 amide bonds. The van der Waals surface area contributed by atoms with Gasteiger partial charge in [-0.25, -0.2) is 4.98 Å². The van der Waals surface area contributed by atoms with E-state index < -0.39 is 0 Å². The first-order chi connectivity index (χ1) is 7.02. The molecule has 0 radical (unpaired) electrons. The molecule has 4 nitrogen and oxygen atoms in total. The van der Waals surface area contributed by atoms with Gasteiger partial charge in [-0.15, -0.1) is 0 Å². The Morgan fingerprint density at radius 3 is 2.80 bits per heavy atom. The Hall–Kier alpha value is -1.23. The number of thioether (sulfide) groups is 1. The van der Waals surface area contributed by atoms with Gasteiger partial charge in [0.15, 0.2) is 0 Å². The van der Waals surface area contributed by atoms with E-state index in [1.165, 1.54) is 11.8 Å². The number of hydrogen-bond donors (Lipinski definition) is 1. The summed E-state index contributed by atoms with van der Waals surface area (Å²) < 4.78 is 0. The van der Waals surface area contributed by atoms with Crippen molar-refractivity contribution in [2.24, 2.45) is 0 Å². The molecule has 1 atom stereocenters. The molecule has 0 bridgehead atoms. The Kier molecular flexibility index (Phi) is 3.96. The molecule has 0 aliphatic heterocycles. The number of anilines is 1. The Morgan fingerprint density at radius 1 is 1.60 bits per heavy atom. The lowest BCUT2D eigenvalue weighted by atomic mass is 10.4. The molecule has 82 valence electrons. The van der Waals surface area contributed by atoms with Crippen molar-refractivity contribution in [3.05, 3.63) is 18.3 Å². The van der Waals surface area contributed by atoms with Crippen LogP contribution < -0.4 is 5.73 Å². The molecule has 0 fully saturated rings. The highest BCUT2D eigenvalue weighted by molar-refractivity contribution is 8.00. The van der Waals surface area contributed by atoms with Crippen molar-refractivity contribution in [2.75, 3.05) is 19.8 Å². The number of carbonyl (C=O) groups excluding carboxylic acids is 1. The predicted octanol–water partition coefficient (Wildman–Crippen LogP) is 1.23. The topological polar surface area (TPSA) is 59.2 Å². The van der Waals surface area contributed by atoms with Crippen LogP contribution in [0.2, 0.25) is 0 Å². The molecule has 0 spiro atoms. The predicted molar refractivity (Wildman–Crippen MR) is 62.7 cm³/mol. The van der Waals surface area contributed by atoms with Crippen LogP contribution in [0.3, 0.4) is 0 Å². The van der Waals surface area contributed by atoms with Gasteiger partial charge in [-0.05, 0) is 19.1 Å². The molecule has 0 saturated heterocycles. The molecule has 0 aliphatic rings. The highest BCUT2D eigenvalue weighted by Gasteiger charge is 2.17. The number of pyridine rings is 1. The second-order valence-electron chi connectivity index (χ2n) is 3.39. The van der Waals surface area contributed by atoms with E-state index in [4.69, 9.17) is 5.73 Å². The highest BCUT2D eigenvalue weighted by Crippen LogP contribution is 2.26. The number of nitrogens with two attached hydrogens (primary N) is 1. The Labute approximate surface area is 93.9 Å². The number of aromatic nitrogens is 1. The molecule has 1 unspecified atom stereocenters. The van der Waals surface area contributed by atoms with E-state index in [0.717, 1.165) is 0 Å². The first-order valence-corrected chi connectivity index (χ1v) is 5.48. The maximum absolute atomic E-state index is 11.6. The van der Waals surface area contributed by atoms with Crippen LogP contribution in [-0.2, 0) is 4.79 Å². The van der Waals surface area contributed by atoms with Crippen molar-refractivity contribution in [1.82, 2.24) is 9.88 Å². The second-order valence-corrected chi connectivity index (χ2v) is 4.72. The second kappa shape index (κ2) is 5.02. The summed E-state index contributed by atoms with van der Waals surface area (Å²) in [5.41, 5.74) is 6.35. The lowest BCUT2D eigenvalue weighted by molar-refractivity contribution is -0.127. The van der Waals surface area contributed by atoms with Crippen molar-refractivity contribution in [3.8, 4) is 0 Å². The molecular weight excluding hydrogens is 210 g/mol. The van der Waals surface area contributed by atoms with Gasteiger partial charge in [0, 0.05) is 20.3 Å². The van der Waals surface area contributed by atoms with Crippen molar-refractivity contribution >= 4 is 23.4 Å². The zero-order chi connectivity index (χ0) is 11.4. The van der Waals surface area contributed by atoms with E-state index >= 15 is 0 Å². The van der Waals surface area contributed by atoms with Gasteiger partial charge in [-0.1, -0.05) is 11.8 Å². The van der Waals surface area contributed by atoms with Gasteiger partial charge < -0.3 is 10.6 Å². The summed E-state index contributed by atoms with van der Waals surface area (Å²) in [5, 5.41) is 0.539. The van der Waals surface area contributed by atoms with Gasteiger partial charge in [0.05, 0.1) is 10.9 Å². The molecule has 1 aromatic rings. The molecule has 0 aromatic carbocycles. The van der Waals surface area contributed by atoms with E-state index in [2.05, 4.69) is 4.98 Å². The summed E-state index contributed by atoms with van der Waals surface area (Å²) in [7, 11) is 3.47. The summed E-state index contributed by atoms with van der Waals surface area (Å²) >= 11 is 1.38. The van der Waals surface area contributed by atoms with Gasteiger partial charge in [-0.3, -0.25) is 4.79 Å². The number of nitrogen functional groups attached to an aromatic ring is 1. The van der Waals surface area contributed by atoms with Crippen LogP contribution in [0.4, 0.5) is 5.69 Å². The Bertz CT molecular complexity index is 354. The summed E-state index contributed by atoms with van der Waals surface area (Å²) in [6.45, 7) is 1.85. The highest BCUT2D eigenvalue weighted by atomic mass is 32.2. The van der Waals surface area contributed by atoms with Crippen LogP contribution in [0.1, 0.15) is 6.92 Å². The van der Waals surface area contributed by atoms with E-state index in [1.807, 2.05) is 6.92 Å². The standard InChI is InChI=1S/C10H15N3OS/c1-7(10(14)13(2)3)15-9-8(11)5-4-6-12-9/h4-7H,11H2,1-3H3. The lowest BCUT2D eigenvalue weighted by Gasteiger charge is -2.16. The maximum atomic E-state index is 11.6.